The predicted molar refractivity (Wildman–Crippen MR) is 65.9 cm³/mol. The second kappa shape index (κ2) is 4.80. The fourth-order valence-electron chi connectivity index (χ4n) is 2.18. The Hall–Kier alpha value is -0.850. The highest BCUT2D eigenvalue weighted by molar-refractivity contribution is 7.89. The molecule has 0 atom stereocenters. The summed E-state index contributed by atoms with van der Waals surface area (Å²) in [6.45, 7) is 1.62. The highest BCUT2D eigenvalue weighted by atomic mass is 32.2. The number of rotatable bonds is 3. The van der Waals surface area contributed by atoms with Gasteiger partial charge in [-0.1, -0.05) is 6.42 Å². The third-order valence-corrected chi connectivity index (χ3v) is 5.11. The van der Waals surface area contributed by atoms with Crippen molar-refractivity contribution in [2.75, 3.05) is 13.1 Å². The third-order valence-electron chi connectivity index (χ3n) is 3.24. The van der Waals surface area contributed by atoms with Gasteiger partial charge in [0.2, 0.25) is 10.0 Å². The summed E-state index contributed by atoms with van der Waals surface area (Å²) in [6.07, 6.45) is 4.67. The average molecular weight is 257 g/mol. The molecule has 2 rings (SSSR count). The van der Waals surface area contributed by atoms with E-state index in [4.69, 9.17) is 5.73 Å². The van der Waals surface area contributed by atoms with Gasteiger partial charge in [-0.25, -0.2) is 8.42 Å². The Kier molecular flexibility index (Phi) is 3.56. The zero-order valence-electron chi connectivity index (χ0n) is 10.1. The van der Waals surface area contributed by atoms with Crippen LogP contribution in [0.2, 0.25) is 0 Å². The minimum atomic E-state index is -3.32. The van der Waals surface area contributed by atoms with Gasteiger partial charge < -0.3 is 10.3 Å². The average Bonchev–Trinajstić information content (AvgIpc) is 2.72. The molecule has 0 aromatic carbocycles. The monoisotopic (exact) mass is 257 g/mol. The molecule has 6 heteroatoms. The summed E-state index contributed by atoms with van der Waals surface area (Å²) in [5.74, 6) is 0. The molecule has 17 heavy (non-hydrogen) atoms. The van der Waals surface area contributed by atoms with Gasteiger partial charge in [-0.05, 0) is 18.9 Å². The largest absolute Gasteiger partial charge is 0.352 e. The maximum Gasteiger partial charge on any atom is 0.244 e. The minimum absolute atomic E-state index is 0.353. The molecule has 5 nitrogen and oxygen atoms in total. The maximum absolute atomic E-state index is 12.3. The molecular formula is C11H19N3O2S. The summed E-state index contributed by atoms with van der Waals surface area (Å²) in [7, 11) is -1.50. The summed E-state index contributed by atoms with van der Waals surface area (Å²) in [6, 6.07) is 1.67. The van der Waals surface area contributed by atoms with E-state index in [0.717, 1.165) is 25.0 Å². The van der Waals surface area contributed by atoms with E-state index in [1.165, 1.54) is 0 Å². The summed E-state index contributed by atoms with van der Waals surface area (Å²) in [4.78, 5) is 0.363. The number of nitrogens with zero attached hydrogens (tertiary/aromatic N) is 2. The molecule has 1 aliphatic heterocycles. The molecule has 2 N–H and O–H groups in total. The number of aryl methyl sites for hydroxylation is 1. The molecule has 0 unspecified atom stereocenters. The number of sulfonamides is 1. The first-order valence-electron chi connectivity index (χ1n) is 5.91. The summed E-state index contributed by atoms with van der Waals surface area (Å²) < 4.78 is 28.0. The van der Waals surface area contributed by atoms with Gasteiger partial charge in [0.15, 0.2) is 0 Å². The van der Waals surface area contributed by atoms with Crippen molar-refractivity contribution in [2.45, 2.75) is 30.7 Å². The minimum Gasteiger partial charge on any atom is -0.352 e. The fraction of sp³-hybridized carbons (Fsp3) is 0.636. The second-order valence-electron chi connectivity index (χ2n) is 4.45. The van der Waals surface area contributed by atoms with E-state index >= 15 is 0 Å². The lowest BCUT2D eigenvalue weighted by molar-refractivity contribution is 0.346. The van der Waals surface area contributed by atoms with Crippen LogP contribution in [0.3, 0.4) is 0 Å². The Balaban J connectivity index is 2.30. The molecule has 1 aliphatic rings. The van der Waals surface area contributed by atoms with Crippen LogP contribution in [0.1, 0.15) is 25.0 Å². The Morgan fingerprint density at radius 1 is 1.29 bits per heavy atom. The molecule has 96 valence electrons. The van der Waals surface area contributed by atoms with Crippen molar-refractivity contribution in [3.63, 3.8) is 0 Å². The van der Waals surface area contributed by atoms with Gasteiger partial charge in [-0.15, -0.1) is 0 Å². The van der Waals surface area contributed by atoms with E-state index in [2.05, 4.69) is 0 Å². The van der Waals surface area contributed by atoms with Crippen LogP contribution in [-0.2, 0) is 23.6 Å². The van der Waals surface area contributed by atoms with Crippen molar-refractivity contribution in [3.05, 3.63) is 18.0 Å². The molecule has 0 amide bonds. The van der Waals surface area contributed by atoms with Crippen LogP contribution < -0.4 is 5.73 Å². The summed E-state index contributed by atoms with van der Waals surface area (Å²) >= 11 is 0. The van der Waals surface area contributed by atoms with Crippen molar-refractivity contribution in [1.82, 2.24) is 8.87 Å². The van der Waals surface area contributed by atoms with Gasteiger partial charge in [-0.3, -0.25) is 0 Å². The topological polar surface area (TPSA) is 68.3 Å². The fourth-order valence-corrected chi connectivity index (χ4v) is 3.79. The number of hydrogen-bond donors (Lipinski definition) is 1. The van der Waals surface area contributed by atoms with E-state index in [9.17, 15) is 8.42 Å². The highest BCUT2D eigenvalue weighted by Gasteiger charge is 2.27. The lowest BCUT2D eigenvalue weighted by Crippen LogP contribution is -2.35. The SMILES string of the molecule is Cn1cc(S(=O)(=O)N2CCCCC2)cc1CN. The molecule has 1 saturated heterocycles. The molecule has 0 bridgehead atoms. The molecular weight excluding hydrogens is 238 g/mol. The van der Waals surface area contributed by atoms with Gasteiger partial charge in [0.25, 0.3) is 0 Å². The molecule has 1 aromatic heterocycles. The lowest BCUT2D eigenvalue weighted by Gasteiger charge is -2.25. The Labute approximate surface area is 102 Å². The van der Waals surface area contributed by atoms with Crippen molar-refractivity contribution in [1.29, 1.82) is 0 Å². The maximum atomic E-state index is 12.3. The standard InChI is InChI=1S/C11H19N3O2S/c1-13-9-11(7-10(13)8-12)17(15,16)14-5-3-2-4-6-14/h7,9H,2-6,8,12H2,1H3. The van der Waals surface area contributed by atoms with Gasteiger partial charge in [0.05, 0.1) is 0 Å². The molecule has 1 fully saturated rings. The van der Waals surface area contributed by atoms with E-state index in [1.807, 2.05) is 7.05 Å². The van der Waals surface area contributed by atoms with Crippen LogP contribution in [0.4, 0.5) is 0 Å². The van der Waals surface area contributed by atoms with Crippen LogP contribution in [0.15, 0.2) is 17.2 Å². The van der Waals surface area contributed by atoms with Gasteiger partial charge >= 0.3 is 0 Å². The molecule has 0 radical (unpaired) electrons. The second-order valence-corrected chi connectivity index (χ2v) is 6.38. The Morgan fingerprint density at radius 2 is 1.94 bits per heavy atom. The lowest BCUT2D eigenvalue weighted by atomic mass is 10.2. The Morgan fingerprint density at radius 3 is 2.47 bits per heavy atom. The van der Waals surface area contributed by atoms with Gasteiger partial charge in [-0.2, -0.15) is 4.31 Å². The van der Waals surface area contributed by atoms with E-state index in [-0.39, 0.29) is 0 Å². The van der Waals surface area contributed by atoms with Crippen molar-refractivity contribution in [3.8, 4) is 0 Å². The van der Waals surface area contributed by atoms with Gasteiger partial charge in [0.1, 0.15) is 4.90 Å². The number of aromatic nitrogens is 1. The Bertz CT molecular complexity index is 487. The zero-order valence-corrected chi connectivity index (χ0v) is 10.9. The first kappa shape index (κ1) is 12.6. The van der Waals surface area contributed by atoms with Crippen molar-refractivity contribution < 1.29 is 8.42 Å². The van der Waals surface area contributed by atoms with Crippen LogP contribution in [0.5, 0.6) is 0 Å². The van der Waals surface area contributed by atoms with Crippen molar-refractivity contribution in [2.24, 2.45) is 12.8 Å². The summed E-state index contributed by atoms with van der Waals surface area (Å²) in [5.41, 5.74) is 6.39. The van der Waals surface area contributed by atoms with E-state index in [0.29, 0.717) is 24.5 Å². The quantitative estimate of drug-likeness (QED) is 0.865. The molecule has 1 aromatic rings. The van der Waals surface area contributed by atoms with E-state index < -0.39 is 10.0 Å². The van der Waals surface area contributed by atoms with Gasteiger partial charge in [0, 0.05) is 38.6 Å². The molecule has 0 aliphatic carbocycles. The van der Waals surface area contributed by atoms with Crippen LogP contribution in [-0.4, -0.2) is 30.4 Å². The normalized spacial score (nSPS) is 18.5. The highest BCUT2D eigenvalue weighted by Crippen LogP contribution is 2.21. The van der Waals surface area contributed by atoms with Crippen LogP contribution in [0, 0.1) is 0 Å². The van der Waals surface area contributed by atoms with Crippen molar-refractivity contribution >= 4 is 10.0 Å². The number of piperidine rings is 1. The smallest absolute Gasteiger partial charge is 0.244 e. The molecule has 2 heterocycles. The van der Waals surface area contributed by atoms with Crippen LogP contribution in [0.25, 0.3) is 0 Å². The first-order valence-corrected chi connectivity index (χ1v) is 7.35. The molecule has 0 spiro atoms. The number of hydrogen-bond acceptors (Lipinski definition) is 3. The molecule has 0 saturated carbocycles. The summed E-state index contributed by atoms with van der Waals surface area (Å²) in [5, 5.41) is 0. The van der Waals surface area contributed by atoms with E-state index in [1.54, 1.807) is 21.1 Å². The number of nitrogens with two attached hydrogens (primary N) is 1. The zero-order chi connectivity index (χ0) is 12.5. The third kappa shape index (κ3) is 2.38. The van der Waals surface area contributed by atoms with Crippen LogP contribution >= 0.6 is 0 Å². The first-order chi connectivity index (χ1) is 8.05. The predicted octanol–water partition coefficient (Wildman–Crippen LogP) is 0.658.